The summed E-state index contributed by atoms with van der Waals surface area (Å²) in [7, 11) is 0. The molecule has 0 saturated carbocycles. The molecule has 1 N–H and O–H groups in total. The first-order valence-electron chi connectivity index (χ1n) is 6.78. The molecular weight excluding hydrogens is 333 g/mol. The summed E-state index contributed by atoms with van der Waals surface area (Å²) in [5.74, 6) is -0.0243. The van der Waals surface area contributed by atoms with Crippen LogP contribution in [0.3, 0.4) is 0 Å². The molecule has 3 rings (SSSR count). The van der Waals surface area contributed by atoms with Crippen molar-refractivity contribution in [2.75, 3.05) is 11.1 Å². The van der Waals surface area contributed by atoms with E-state index in [0.717, 1.165) is 0 Å². The predicted molar refractivity (Wildman–Crippen MR) is 91.1 cm³/mol. The summed E-state index contributed by atoms with van der Waals surface area (Å²) < 4.78 is 14.2. The molecule has 0 saturated heterocycles. The van der Waals surface area contributed by atoms with Crippen molar-refractivity contribution >= 4 is 39.7 Å². The Balaban J connectivity index is 1.60. The van der Waals surface area contributed by atoms with Gasteiger partial charge in [-0.3, -0.25) is 4.79 Å². The van der Waals surface area contributed by atoms with Gasteiger partial charge in [0.1, 0.15) is 5.82 Å². The maximum Gasteiger partial charge on any atom is 0.210 e. The summed E-state index contributed by atoms with van der Waals surface area (Å²) in [6.07, 6.45) is 0. The van der Waals surface area contributed by atoms with Crippen molar-refractivity contribution in [3.63, 3.8) is 0 Å². The number of nitrogens with one attached hydrogen (secondary N) is 1. The van der Waals surface area contributed by atoms with Gasteiger partial charge in [0.25, 0.3) is 0 Å². The van der Waals surface area contributed by atoms with Crippen LogP contribution in [0, 0.1) is 5.82 Å². The molecular formula is C16H12FN3OS2. The molecule has 0 unspecified atom stereocenters. The number of thioether (sulfide) groups is 1. The van der Waals surface area contributed by atoms with Gasteiger partial charge in [0.2, 0.25) is 5.13 Å². The van der Waals surface area contributed by atoms with Crippen LogP contribution >= 0.6 is 23.1 Å². The molecule has 116 valence electrons. The fraction of sp³-hybridized carbons (Fsp3) is 0.0625. The minimum Gasteiger partial charge on any atom is -0.328 e. The predicted octanol–water partition coefficient (Wildman–Crippen LogP) is 4.40. The van der Waals surface area contributed by atoms with Gasteiger partial charge in [-0.1, -0.05) is 65.6 Å². The van der Waals surface area contributed by atoms with Gasteiger partial charge in [0.15, 0.2) is 10.1 Å². The lowest BCUT2D eigenvalue weighted by Gasteiger charge is -2.01. The summed E-state index contributed by atoms with van der Waals surface area (Å²) in [6, 6.07) is 15.5. The van der Waals surface area contributed by atoms with E-state index in [1.165, 1.54) is 29.2 Å². The van der Waals surface area contributed by atoms with Gasteiger partial charge < -0.3 is 5.32 Å². The molecule has 0 aliphatic carbocycles. The molecule has 0 bridgehead atoms. The van der Waals surface area contributed by atoms with Crippen LogP contribution < -0.4 is 5.32 Å². The Morgan fingerprint density at radius 3 is 2.61 bits per heavy atom. The first-order valence-corrected chi connectivity index (χ1v) is 8.59. The Kier molecular flexibility index (Phi) is 4.99. The molecule has 7 heteroatoms. The summed E-state index contributed by atoms with van der Waals surface area (Å²) >= 11 is 2.60. The molecule has 0 radical (unpaired) electrons. The molecule has 3 aromatic rings. The lowest BCUT2D eigenvalue weighted by atomic mass is 10.2. The highest BCUT2D eigenvalue weighted by atomic mass is 32.2. The van der Waals surface area contributed by atoms with Crippen LogP contribution in [0.1, 0.15) is 10.4 Å². The second-order valence-corrected chi connectivity index (χ2v) is 6.76. The third kappa shape index (κ3) is 4.14. The molecule has 1 aromatic heterocycles. The van der Waals surface area contributed by atoms with Crippen molar-refractivity contribution in [3.8, 4) is 0 Å². The van der Waals surface area contributed by atoms with Gasteiger partial charge in [-0.25, -0.2) is 4.39 Å². The summed E-state index contributed by atoms with van der Waals surface area (Å²) in [4.78, 5) is 12.0. The summed E-state index contributed by atoms with van der Waals surface area (Å²) in [5.41, 5.74) is 1.02. The number of ketones is 1. The number of para-hydroxylation sites is 1. The van der Waals surface area contributed by atoms with E-state index in [4.69, 9.17) is 0 Å². The lowest BCUT2D eigenvalue weighted by Crippen LogP contribution is -2.01. The van der Waals surface area contributed by atoms with Gasteiger partial charge in [0.05, 0.1) is 11.4 Å². The maximum absolute atomic E-state index is 13.6. The molecule has 0 amide bonds. The third-order valence-corrected chi connectivity index (χ3v) is 4.92. The molecule has 0 fully saturated rings. The largest absolute Gasteiger partial charge is 0.328 e. The second-order valence-electron chi connectivity index (χ2n) is 4.56. The smallest absolute Gasteiger partial charge is 0.210 e. The zero-order valence-electron chi connectivity index (χ0n) is 11.9. The number of benzene rings is 2. The van der Waals surface area contributed by atoms with E-state index in [1.807, 2.05) is 18.2 Å². The first kappa shape index (κ1) is 15.6. The quantitative estimate of drug-likeness (QED) is 0.530. The number of halogens is 1. The third-order valence-electron chi connectivity index (χ3n) is 2.94. The number of anilines is 2. The average molecular weight is 345 g/mol. The Hall–Kier alpha value is -2.25. The fourth-order valence-electron chi connectivity index (χ4n) is 1.83. The number of carbonyl (C=O) groups is 1. The van der Waals surface area contributed by atoms with Crippen molar-refractivity contribution in [2.45, 2.75) is 4.34 Å². The van der Waals surface area contributed by atoms with E-state index in [2.05, 4.69) is 15.5 Å². The number of carbonyl (C=O) groups excluding carboxylic acids is 1. The van der Waals surface area contributed by atoms with Crippen molar-refractivity contribution in [2.24, 2.45) is 0 Å². The van der Waals surface area contributed by atoms with Crippen molar-refractivity contribution in [3.05, 3.63) is 66.0 Å². The monoisotopic (exact) mass is 345 g/mol. The van der Waals surface area contributed by atoms with Crippen LogP contribution in [0.25, 0.3) is 0 Å². The van der Waals surface area contributed by atoms with E-state index < -0.39 is 0 Å². The van der Waals surface area contributed by atoms with E-state index in [-0.39, 0.29) is 11.6 Å². The Morgan fingerprint density at radius 2 is 1.83 bits per heavy atom. The molecule has 23 heavy (non-hydrogen) atoms. The highest BCUT2D eigenvalue weighted by Gasteiger charge is 2.10. The molecule has 0 aliphatic heterocycles. The van der Waals surface area contributed by atoms with E-state index in [0.29, 0.717) is 26.5 Å². The number of Topliss-reactive ketones (excluding diaryl/α,β-unsaturated/α-hetero) is 1. The Bertz CT molecular complexity index is 808. The SMILES string of the molecule is O=C(CSc1nnc(Nc2ccccc2F)s1)c1ccccc1. The van der Waals surface area contributed by atoms with E-state index in [9.17, 15) is 9.18 Å². The van der Waals surface area contributed by atoms with E-state index >= 15 is 0 Å². The normalized spacial score (nSPS) is 10.5. The van der Waals surface area contributed by atoms with Crippen molar-refractivity contribution < 1.29 is 9.18 Å². The minimum atomic E-state index is -0.351. The van der Waals surface area contributed by atoms with Crippen LogP contribution in [0.2, 0.25) is 0 Å². The van der Waals surface area contributed by atoms with Crippen LogP contribution in [-0.2, 0) is 0 Å². The first-order chi connectivity index (χ1) is 11.2. The lowest BCUT2D eigenvalue weighted by molar-refractivity contribution is 0.102. The zero-order chi connectivity index (χ0) is 16.1. The molecule has 2 aromatic carbocycles. The minimum absolute atomic E-state index is 0.0365. The molecule has 0 atom stereocenters. The van der Waals surface area contributed by atoms with E-state index in [1.54, 1.807) is 30.3 Å². The average Bonchev–Trinajstić information content (AvgIpc) is 3.03. The van der Waals surface area contributed by atoms with Gasteiger partial charge in [-0.05, 0) is 12.1 Å². The molecule has 1 heterocycles. The fourth-order valence-corrected chi connectivity index (χ4v) is 3.49. The van der Waals surface area contributed by atoms with Gasteiger partial charge in [-0.15, -0.1) is 10.2 Å². The highest BCUT2D eigenvalue weighted by molar-refractivity contribution is 8.01. The molecule has 0 spiro atoms. The highest BCUT2D eigenvalue weighted by Crippen LogP contribution is 2.28. The van der Waals surface area contributed by atoms with Crippen LogP contribution in [0.4, 0.5) is 15.2 Å². The summed E-state index contributed by atoms with van der Waals surface area (Å²) in [5, 5.41) is 11.3. The Labute approximate surface area is 140 Å². The number of aromatic nitrogens is 2. The topological polar surface area (TPSA) is 54.9 Å². The molecule has 0 aliphatic rings. The number of rotatable bonds is 6. The van der Waals surface area contributed by atoms with Crippen LogP contribution in [0.5, 0.6) is 0 Å². The number of hydrogen-bond acceptors (Lipinski definition) is 6. The maximum atomic E-state index is 13.6. The zero-order valence-corrected chi connectivity index (χ0v) is 13.5. The van der Waals surface area contributed by atoms with Crippen molar-refractivity contribution in [1.29, 1.82) is 0 Å². The number of nitrogens with zero attached hydrogens (tertiary/aromatic N) is 2. The number of hydrogen-bond donors (Lipinski definition) is 1. The van der Waals surface area contributed by atoms with Crippen molar-refractivity contribution in [1.82, 2.24) is 10.2 Å². The van der Waals surface area contributed by atoms with Gasteiger partial charge in [0, 0.05) is 5.56 Å². The van der Waals surface area contributed by atoms with Crippen LogP contribution in [0.15, 0.2) is 58.9 Å². The standard InChI is InChI=1S/C16H12FN3OS2/c17-12-8-4-5-9-13(12)18-15-19-20-16(23-15)22-10-14(21)11-6-2-1-3-7-11/h1-9H,10H2,(H,18,19). The van der Waals surface area contributed by atoms with Crippen LogP contribution in [-0.4, -0.2) is 21.7 Å². The Morgan fingerprint density at radius 1 is 1.09 bits per heavy atom. The van der Waals surface area contributed by atoms with Gasteiger partial charge >= 0.3 is 0 Å². The summed E-state index contributed by atoms with van der Waals surface area (Å²) in [6.45, 7) is 0. The second kappa shape index (κ2) is 7.34. The molecule has 4 nitrogen and oxygen atoms in total. The van der Waals surface area contributed by atoms with Gasteiger partial charge in [-0.2, -0.15) is 0 Å².